The van der Waals surface area contributed by atoms with Crippen molar-refractivity contribution in [2.75, 3.05) is 13.1 Å². The smallest absolute Gasteiger partial charge is 0.246 e. The largest absolute Gasteiger partial charge is 0.470 e. The van der Waals surface area contributed by atoms with Crippen molar-refractivity contribution in [2.45, 2.75) is 21.9 Å². The number of hydrogen-bond donors (Lipinski definition) is 1. The van der Waals surface area contributed by atoms with Crippen LogP contribution < -0.4 is 9.46 Å². The van der Waals surface area contributed by atoms with Crippen molar-refractivity contribution in [1.29, 1.82) is 0 Å². The van der Waals surface area contributed by atoms with E-state index in [2.05, 4.69) is 9.71 Å². The zero-order valence-corrected chi connectivity index (χ0v) is 14.9. The molecule has 1 fully saturated rings. The Morgan fingerprint density at radius 2 is 2.04 bits per heavy atom. The summed E-state index contributed by atoms with van der Waals surface area (Å²) in [4.78, 5) is 3.65. The molecule has 8 nitrogen and oxygen atoms in total. The molecule has 1 saturated heterocycles. The molecule has 138 valence electrons. The lowest BCUT2D eigenvalue weighted by molar-refractivity contribution is 0.186. The fourth-order valence-corrected chi connectivity index (χ4v) is 5.87. The minimum atomic E-state index is -3.99. The quantitative estimate of drug-likeness (QED) is 0.780. The molecule has 1 aromatic carbocycles. The van der Waals surface area contributed by atoms with Crippen molar-refractivity contribution in [1.82, 2.24) is 14.0 Å². The first-order chi connectivity index (χ1) is 12.3. The van der Waals surface area contributed by atoms with Gasteiger partial charge in [0.05, 0.1) is 17.5 Å². The van der Waals surface area contributed by atoms with Gasteiger partial charge in [-0.05, 0) is 30.3 Å². The van der Waals surface area contributed by atoms with Gasteiger partial charge in [-0.15, -0.1) is 0 Å². The second-order valence-corrected chi connectivity index (χ2v) is 9.59. The molecule has 0 aliphatic carbocycles. The van der Waals surface area contributed by atoms with E-state index in [1.54, 1.807) is 0 Å². The van der Waals surface area contributed by atoms with Crippen molar-refractivity contribution in [2.24, 2.45) is 0 Å². The Balaban J connectivity index is 1.67. The monoisotopic (exact) mass is 399 g/mol. The second-order valence-electron chi connectivity index (χ2n) is 5.97. The van der Waals surface area contributed by atoms with Crippen LogP contribution in [0, 0.1) is 5.82 Å². The lowest BCUT2D eigenvalue weighted by atomic mass is 10.2. The molecule has 26 heavy (non-hydrogen) atoms. The van der Waals surface area contributed by atoms with E-state index in [4.69, 9.17) is 4.74 Å². The van der Waals surface area contributed by atoms with Crippen LogP contribution in [0.15, 0.2) is 52.4 Å². The van der Waals surface area contributed by atoms with Gasteiger partial charge in [0, 0.05) is 12.7 Å². The zero-order valence-electron chi connectivity index (χ0n) is 13.2. The standard InChI is InChI=1S/C15H14FN3O5S2/c16-10-3-1-4-11(7-10)26(22,23)19-8-12-13(9-19)24-15-14(5-2-6-17-15)25(20,21)18-12/h1-7,12-13,18H,8-9H2. The summed E-state index contributed by atoms with van der Waals surface area (Å²) in [5.74, 6) is -0.743. The Kier molecular flexibility index (Phi) is 3.99. The maximum Gasteiger partial charge on any atom is 0.246 e. The van der Waals surface area contributed by atoms with E-state index in [0.29, 0.717) is 0 Å². The van der Waals surface area contributed by atoms with Crippen LogP contribution in [0.1, 0.15) is 0 Å². The summed E-state index contributed by atoms with van der Waals surface area (Å²) >= 11 is 0. The molecule has 3 heterocycles. The van der Waals surface area contributed by atoms with Gasteiger partial charge in [0.1, 0.15) is 16.8 Å². The number of nitrogens with one attached hydrogen (secondary N) is 1. The van der Waals surface area contributed by atoms with E-state index in [0.717, 1.165) is 16.4 Å². The molecule has 2 aliphatic heterocycles. The molecule has 2 unspecified atom stereocenters. The number of aromatic nitrogens is 1. The molecule has 11 heteroatoms. The molecule has 2 aromatic rings. The van der Waals surface area contributed by atoms with Gasteiger partial charge in [0.2, 0.25) is 25.9 Å². The highest BCUT2D eigenvalue weighted by atomic mass is 32.2. The summed E-state index contributed by atoms with van der Waals surface area (Å²) in [6.07, 6.45) is 0.648. The number of pyridine rings is 1. The first-order valence-electron chi connectivity index (χ1n) is 7.67. The van der Waals surface area contributed by atoms with E-state index in [-0.39, 0.29) is 28.8 Å². The van der Waals surface area contributed by atoms with Crippen molar-refractivity contribution >= 4 is 20.0 Å². The van der Waals surface area contributed by atoms with Crippen LogP contribution in [0.4, 0.5) is 4.39 Å². The van der Waals surface area contributed by atoms with E-state index in [1.165, 1.54) is 30.5 Å². The molecule has 0 spiro atoms. The Hall–Kier alpha value is -2.08. The molecule has 4 rings (SSSR count). The molecule has 1 N–H and O–H groups in total. The highest BCUT2D eigenvalue weighted by Crippen LogP contribution is 2.30. The van der Waals surface area contributed by atoms with Crippen LogP contribution in [0.2, 0.25) is 0 Å². The van der Waals surface area contributed by atoms with Crippen LogP contribution in [0.5, 0.6) is 5.88 Å². The molecule has 0 radical (unpaired) electrons. The molecule has 0 bridgehead atoms. The molecule has 2 aliphatic rings. The van der Waals surface area contributed by atoms with Gasteiger partial charge in [-0.25, -0.2) is 30.9 Å². The summed E-state index contributed by atoms with van der Waals surface area (Å²) in [6, 6.07) is 6.72. The first kappa shape index (κ1) is 17.3. The van der Waals surface area contributed by atoms with Crippen LogP contribution in [0.3, 0.4) is 0 Å². The molecular weight excluding hydrogens is 385 g/mol. The average Bonchev–Trinajstić information content (AvgIpc) is 2.93. The van der Waals surface area contributed by atoms with Gasteiger partial charge in [-0.3, -0.25) is 0 Å². The number of fused-ring (bicyclic) bond motifs is 2. The Morgan fingerprint density at radius 1 is 1.23 bits per heavy atom. The highest BCUT2D eigenvalue weighted by molar-refractivity contribution is 7.89. The number of rotatable bonds is 2. The predicted octanol–water partition coefficient (Wildman–Crippen LogP) is 0.333. The summed E-state index contributed by atoms with van der Waals surface area (Å²) < 4.78 is 73.0. The minimum absolute atomic E-state index is 0.0718. The third-order valence-corrected chi connectivity index (χ3v) is 7.59. The number of halogens is 1. The van der Waals surface area contributed by atoms with E-state index in [1.807, 2.05) is 0 Å². The summed E-state index contributed by atoms with van der Waals surface area (Å²) in [6.45, 7) is -0.210. The average molecular weight is 399 g/mol. The van der Waals surface area contributed by atoms with Crippen molar-refractivity contribution < 1.29 is 26.0 Å². The van der Waals surface area contributed by atoms with Crippen LogP contribution >= 0.6 is 0 Å². The maximum atomic E-state index is 13.4. The third-order valence-electron chi connectivity index (χ3n) is 4.26. The van der Waals surface area contributed by atoms with Gasteiger partial charge in [0.25, 0.3) is 0 Å². The number of hydrogen-bond acceptors (Lipinski definition) is 6. The van der Waals surface area contributed by atoms with E-state index in [9.17, 15) is 21.2 Å². The Bertz CT molecular complexity index is 1070. The molecule has 2 atom stereocenters. The SMILES string of the molecule is O=S1(=O)NC2CN(S(=O)(=O)c3cccc(F)c3)CC2Oc2ncccc21. The fourth-order valence-electron chi connectivity index (χ4n) is 3.02. The minimum Gasteiger partial charge on any atom is -0.470 e. The number of benzene rings is 1. The molecule has 0 amide bonds. The summed E-state index contributed by atoms with van der Waals surface area (Å²) in [5, 5.41) is 0. The van der Waals surface area contributed by atoms with E-state index >= 15 is 0 Å². The third kappa shape index (κ3) is 2.86. The second kappa shape index (κ2) is 5.98. The van der Waals surface area contributed by atoms with Crippen LogP contribution in [-0.4, -0.2) is 51.4 Å². The lowest BCUT2D eigenvalue weighted by Gasteiger charge is -2.17. The number of ether oxygens (including phenoxy) is 1. The highest BCUT2D eigenvalue weighted by Gasteiger charge is 2.45. The van der Waals surface area contributed by atoms with Crippen molar-refractivity contribution in [3.63, 3.8) is 0 Å². The van der Waals surface area contributed by atoms with Gasteiger partial charge in [-0.2, -0.15) is 4.31 Å². The number of nitrogens with zero attached hydrogens (tertiary/aromatic N) is 2. The topological polar surface area (TPSA) is 106 Å². The number of sulfonamides is 2. The molecule has 0 saturated carbocycles. The Morgan fingerprint density at radius 3 is 2.81 bits per heavy atom. The predicted molar refractivity (Wildman–Crippen MR) is 87.9 cm³/mol. The Labute approximate surface area is 149 Å². The summed E-state index contributed by atoms with van der Waals surface area (Å²) in [5.41, 5.74) is 0. The summed E-state index contributed by atoms with van der Waals surface area (Å²) in [7, 11) is -7.88. The van der Waals surface area contributed by atoms with Crippen LogP contribution in [0.25, 0.3) is 0 Å². The van der Waals surface area contributed by atoms with Gasteiger partial charge >= 0.3 is 0 Å². The molecular formula is C15H14FN3O5S2. The van der Waals surface area contributed by atoms with E-state index < -0.39 is 38.0 Å². The normalized spacial score (nSPS) is 25.0. The van der Waals surface area contributed by atoms with Crippen LogP contribution in [-0.2, 0) is 20.0 Å². The van der Waals surface area contributed by atoms with Gasteiger partial charge < -0.3 is 4.74 Å². The van der Waals surface area contributed by atoms with Crippen molar-refractivity contribution in [3.8, 4) is 5.88 Å². The van der Waals surface area contributed by atoms with Gasteiger partial charge in [-0.1, -0.05) is 6.07 Å². The maximum absolute atomic E-state index is 13.4. The fraction of sp³-hybridized carbons (Fsp3) is 0.267. The lowest BCUT2D eigenvalue weighted by Crippen LogP contribution is -2.42. The van der Waals surface area contributed by atoms with Gasteiger partial charge in [0.15, 0.2) is 0 Å². The molecule has 1 aromatic heterocycles. The zero-order chi connectivity index (χ0) is 18.5. The van der Waals surface area contributed by atoms with Crippen molar-refractivity contribution in [3.05, 3.63) is 48.4 Å². The first-order valence-corrected chi connectivity index (χ1v) is 10.6.